The van der Waals surface area contributed by atoms with Crippen LogP contribution in [0.5, 0.6) is 5.75 Å². The van der Waals surface area contributed by atoms with E-state index in [4.69, 9.17) is 10.5 Å². The van der Waals surface area contributed by atoms with Gasteiger partial charge in [-0.15, -0.1) is 0 Å². The highest BCUT2D eigenvalue weighted by Crippen LogP contribution is 2.22. The van der Waals surface area contributed by atoms with Crippen LogP contribution in [0.15, 0.2) is 42.6 Å². The molecule has 3 heteroatoms. The van der Waals surface area contributed by atoms with Gasteiger partial charge in [0, 0.05) is 12.7 Å². The van der Waals surface area contributed by atoms with E-state index in [1.54, 1.807) is 6.20 Å². The maximum absolute atomic E-state index is 5.92. The summed E-state index contributed by atoms with van der Waals surface area (Å²) in [5.41, 5.74) is 8.99. The second kappa shape index (κ2) is 5.65. The van der Waals surface area contributed by atoms with E-state index in [-0.39, 0.29) is 6.10 Å². The van der Waals surface area contributed by atoms with Gasteiger partial charge in [0.15, 0.2) is 6.10 Å². The van der Waals surface area contributed by atoms with Gasteiger partial charge in [-0.2, -0.15) is 0 Å². The Bertz CT molecular complexity index is 491. The molecular weight excluding hydrogens is 224 g/mol. The molecule has 0 fully saturated rings. The molecule has 2 aromatic rings. The maximum Gasteiger partial charge on any atom is 0.153 e. The molecule has 2 rings (SSSR count). The number of aryl methyl sites for hydroxylation is 2. The first-order chi connectivity index (χ1) is 8.69. The van der Waals surface area contributed by atoms with Crippen LogP contribution in [0.2, 0.25) is 0 Å². The number of ether oxygens (including phenoxy) is 1. The van der Waals surface area contributed by atoms with Crippen LogP contribution in [0, 0.1) is 13.8 Å². The first-order valence-electron chi connectivity index (χ1n) is 6.05. The molecular formula is C15H18N2O. The lowest BCUT2D eigenvalue weighted by Gasteiger charge is -2.17. The summed E-state index contributed by atoms with van der Waals surface area (Å²) in [4.78, 5) is 4.29. The Morgan fingerprint density at radius 1 is 1.17 bits per heavy atom. The first kappa shape index (κ1) is 12.6. The molecule has 0 aliphatic heterocycles. The smallest absolute Gasteiger partial charge is 0.153 e. The molecule has 1 aromatic carbocycles. The average Bonchev–Trinajstić information content (AvgIpc) is 2.36. The van der Waals surface area contributed by atoms with Gasteiger partial charge in [-0.1, -0.05) is 12.1 Å². The topological polar surface area (TPSA) is 48.1 Å². The van der Waals surface area contributed by atoms with Crippen molar-refractivity contribution in [2.24, 2.45) is 5.73 Å². The Hall–Kier alpha value is -1.87. The lowest BCUT2D eigenvalue weighted by Crippen LogP contribution is -2.19. The predicted octanol–water partition coefficient (Wildman–Crippen LogP) is 2.78. The van der Waals surface area contributed by atoms with Crippen LogP contribution in [0.25, 0.3) is 0 Å². The van der Waals surface area contributed by atoms with Gasteiger partial charge in [0.25, 0.3) is 0 Å². The zero-order chi connectivity index (χ0) is 13.0. The van der Waals surface area contributed by atoms with Gasteiger partial charge in [0.05, 0.1) is 5.69 Å². The van der Waals surface area contributed by atoms with Crippen molar-refractivity contribution in [3.63, 3.8) is 0 Å². The summed E-state index contributed by atoms with van der Waals surface area (Å²) in [5, 5.41) is 0. The Kier molecular flexibility index (Phi) is 3.95. The van der Waals surface area contributed by atoms with Gasteiger partial charge in [-0.3, -0.25) is 4.98 Å². The Labute approximate surface area is 108 Å². The second-order valence-electron chi connectivity index (χ2n) is 4.42. The molecule has 1 unspecified atom stereocenters. The molecule has 0 aliphatic rings. The fourth-order valence-electron chi connectivity index (χ4n) is 1.96. The zero-order valence-corrected chi connectivity index (χ0v) is 10.8. The van der Waals surface area contributed by atoms with E-state index in [9.17, 15) is 0 Å². The lowest BCUT2D eigenvalue weighted by atomic mass is 10.1. The van der Waals surface area contributed by atoms with E-state index in [1.165, 1.54) is 11.1 Å². The number of nitrogens with two attached hydrogens (primary N) is 1. The Balaban J connectivity index is 2.20. The van der Waals surface area contributed by atoms with E-state index < -0.39 is 0 Å². The molecule has 0 spiro atoms. The van der Waals surface area contributed by atoms with Crippen molar-refractivity contribution in [1.29, 1.82) is 0 Å². The highest BCUT2D eigenvalue weighted by molar-refractivity contribution is 5.33. The van der Waals surface area contributed by atoms with Crippen LogP contribution >= 0.6 is 0 Å². The summed E-state index contributed by atoms with van der Waals surface area (Å²) in [6, 6.07) is 11.9. The number of rotatable bonds is 4. The van der Waals surface area contributed by atoms with Gasteiger partial charge in [0.2, 0.25) is 0 Å². The minimum Gasteiger partial charge on any atom is -0.483 e. The van der Waals surface area contributed by atoms with Crippen molar-refractivity contribution in [2.45, 2.75) is 20.0 Å². The monoisotopic (exact) mass is 242 g/mol. The normalized spacial score (nSPS) is 12.2. The van der Waals surface area contributed by atoms with Gasteiger partial charge >= 0.3 is 0 Å². The van der Waals surface area contributed by atoms with E-state index in [1.807, 2.05) is 30.3 Å². The van der Waals surface area contributed by atoms with Crippen LogP contribution < -0.4 is 10.5 Å². The molecule has 0 saturated carbocycles. The van der Waals surface area contributed by atoms with Crippen LogP contribution in [0.3, 0.4) is 0 Å². The number of nitrogens with zero attached hydrogens (tertiary/aromatic N) is 1. The first-order valence-corrected chi connectivity index (χ1v) is 6.05. The molecule has 0 aliphatic carbocycles. The average molecular weight is 242 g/mol. The summed E-state index contributed by atoms with van der Waals surface area (Å²) >= 11 is 0. The minimum atomic E-state index is -0.201. The lowest BCUT2D eigenvalue weighted by molar-refractivity contribution is 0.209. The van der Waals surface area contributed by atoms with Gasteiger partial charge in [-0.05, 0) is 49.2 Å². The number of hydrogen-bond acceptors (Lipinski definition) is 3. The third kappa shape index (κ3) is 3.08. The molecule has 0 amide bonds. The zero-order valence-electron chi connectivity index (χ0n) is 10.8. The molecule has 1 aromatic heterocycles. The SMILES string of the molecule is Cc1cc(C)cc(OC(CN)c2ccccn2)c1. The standard InChI is InChI=1S/C15H18N2O/c1-11-7-12(2)9-13(8-11)18-15(10-16)14-5-3-4-6-17-14/h3-9,15H,10,16H2,1-2H3. The minimum absolute atomic E-state index is 0.201. The van der Waals surface area contributed by atoms with E-state index in [0.29, 0.717) is 6.54 Å². The van der Waals surface area contributed by atoms with Crippen molar-refractivity contribution < 1.29 is 4.74 Å². The van der Waals surface area contributed by atoms with Crippen molar-refractivity contribution in [3.8, 4) is 5.75 Å². The van der Waals surface area contributed by atoms with Gasteiger partial charge < -0.3 is 10.5 Å². The predicted molar refractivity (Wildman–Crippen MR) is 72.6 cm³/mol. The molecule has 3 nitrogen and oxygen atoms in total. The highest BCUT2D eigenvalue weighted by atomic mass is 16.5. The molecule has 18 heavy (non-hydrogen) atoms. The van der Waals surface area contributed by atoms with Crippen molar-refractivity contribution >= 4 is 0 Å². The third-order valence-corrected chi connectivity index (χ3v) is 2.71. The van der Waals surface area contributed by atoms with Crippen LogP contribution in [-0.2, 0) is 0 Å². The van der Waals surface area contributed by atoms with E-state index >= 15 is 0 Å². The third-order valence-electron chi connectivity index (χ3n) is 2.71. The van der Waals surface area contributed by atoms with Crippen LogP contribution in [0.1, 0.15) is 22.9 Å². The van der Waals surface area contributed by atoms with Crippen molar-refractivity contribution in [3.05, 3.63) is 59.4 Å². The summed E-state index contributed by atoms with van der Waals surface area (Å²) < 4.78 is 5.92. The largest absolute Gasteiger partial charge is 0.483 e. The van der Waals surface area contributed by atoms with Gasteiger partial charge in [-0.25, -0.2) is 0 Å². The van der Waals surface area contributed by atoms with Crippen LogP contribution in [0.4, 0.5) is 0 Å². The molecule has 2 N–H and O–H groups in total. The quantitative estimate of drug-likeness (QED) is 0.896. The number of aromatic nitrogens is 1. The summed E-state index contributed by atoms with van der Waals surface area (Å²) in [6.45, 7) is 4.51. The summed E-state index contributed by atoms with van der Waals surface area (Å²) in [5.74, 6) is 0.841. The number of hydrogen-bond donors (Lipinski definition) is 1. The summed E-state index contributed by atoms with van der Waals surface area (Å²) in [6.07, 6.45) is 1.55. The van der Waals surface area contributed by atoms with E-state index in [0.717, 1.165) is 11.4 Å². The molecule has 0 saturated heterocycles. The maximum atomic E-state index is 5.92. The fourth-order valence-corrected chi connectivity index (χ4v) is 1.96. The molecule has 1 heterocycles. The number of pyridine rings is 1. The Morgan fingerprint density at radius 2 is 1.89 bits per heavy atom. The second-order valence-corrected chi connectivity index (χ2v) is 4.42. The summed E-state index contributed by atoms with van der Waals surface area (Å²) in [7, 11) is 0. The van der Waals surface area contributed by atoms with Crippen molar-refractivity contribution in [1.82, 2.24) is 4.98 Å². The number of benzene rings is 1. The van der Waals surface area contributed by atoms with Crippen molar-refractivity contribution in [2.75, 3.05) is 6.54 Å². The van der Waals surface area contributed by atoms with Crippen LogP contribution in [-0.4, -0.2) is 11.5 Å². The molecule has 94 valence electrons. The fraction of sp³-hybridized carbons (Fsp3) is 0.267. The Morgan fingerprint density at radius 3 is 2.44 bits per heavy atom. The van der Waals surface area contributed by atoms with E-state index in [2.05, 4.69) is 24.9 Å². The molecule has 0 bridgehead atoms. The highest BCUT2D eigenvalue weighted by Gasteiger charge is 2.12. The van der Waals surface area contributed by atoms with Gasteiger partial charge in [0.1, 0.15) is 5.75 Å². The molecule has 1 atom stereocenters. The molecule has 0 radical (unpaired) electrons.